The highest BCUT2D eigenvalue weighted by molar-refractivity contribution is 14.1. The first-order chi connectivity index (χ1) is 6.04. The van der Waals surface area contributed by atoms with Crippen molar-refractivity contribution in [2.75, 3.05) is 0 Å². The molecule has 0 radical (unpaired) electrons. The maximum absolute atomic E-state index is 2.71. The Morgan fingerprint density at radius 3 is 1.62 bits per heavy atom. The molecule has 0 spiro atoms. The van der Waals surface area contributed by atoms with Crippen molar-refractivity contribution in [2.45, 2.75) is 50.9 Å². The van der Waals surface area contributed by atoms with Gasteiger partial charge in [0.25, 0.3) is 0 Å². The number of halogens is 1. The van der Waals surface area contributed by atoms with Crippen LogP contribution in [0.3, 0.4) is 0 Å². The van der Waals surface area contributed by atoms with Crippen molar-refractivity contribution < 1.29 is 0 Å². The molecule has 0 N–H and O–H groups in total. The second-order valence-electron chi connectivity index (χ2n) is 5.19. The van der Waals surface area contributed by atoms with Crippen LogP contribution < -0.4 is 0 Å². The van der Waals surface area contributed by atoms with E-state index in [4.69, 9.17) is 0 Å². The molecule has 2 atom stereocenters. The Hall–Kier alpha value is 0.730. The van der Waals surface area contributed by atoms with E-state index in [1.807, 2.05) is 0 Å². The van der Waals surface area contributed by atoms with Gasteiger partial charge in [0.2, 0.25) is 0 Å². The highest BCUT2D eigenvalue weighted by atomic mass is 127. The predicted molar refractivity (Wildman–Crippen MR) is 68.3 cm³/mol. The SMILES string of the molecule is CC(C)C1CCCC(C(C)C)C1I. The third-order valence-electron chi connectivity index (χ3n) is 3.61. The van der Waals surface area contributed by atoms with Crippen molar-refractivity contribution in [2.24, 2.45) is 23.7 Å². The van der Waals surface area contributed by atoms with Gasteiger partial charge < -0.3 is 0 Å². The molecule has 78 valence electrons. The van der Waals surface area contributed by atoms with Gasteiger partial charge in [-0.05, 0) is 36.5 Å². The normalized spacial score (nSPS) is 35.8. The van der Waals surface area contributed by atoms with Crippen LogP contribution in [0.4, 0.5) is 0 Å². The molecule has 1 heteroatoms. The molecule has 0 nitrogen and oxygen atoms in total. The van der Waals surface area contributed by atoms with Crippen LogP contribution in [0.25, 0.3) is 0 Å². The van der Waals surface area contributed by atoms with Gasteiger partial charge in [0.05, 0.1) is 0 Å². The third-order valence-corrected chi connectivity index (χ3v) is 5.45. The van der Waals surface area contributed by atoms with E-state index in [0.717, 1.165) is 27.6 Å². The van der Waals surface area contributed by atoms with E-state index >= 15 is 0 Å². The molecule has 2 unspecified atom stereocenters. The Labute approximate surface area is 97.0 Å². The lowest BCUT2D eigenvalue weighted by atomic mass is 9.72. The average Bonchev–Trinajstić information content (AvgIpc) is 2.03. The maximum Gasteiger partial charge on any atom is 0.0171 e. The van der Waals surface area contributed by atoms with Crippen LogP contribution in [0, 0.1) is 23.7 Å². The number of hydrogen-bond donors (Lipinski definition) is 0. The zero-order chi connectivity index (χ0) is 10.0. The monoisotopic (exact) mass is 294 g/mol. The molecular formula is C12H23I. The first kappa shape index (κ1) is 11.8. The summed E-state index contributed by atoms with van der Waals surface area (Å²) in [5.41, 5.74) is 0. The van der Waals surface area contributed by atoms with Gasteiger partial charge in [0.1, 0.15) is 0 Å². The van der Waals surface area contributed by atoms with Gasteiger partial charge in [-0.15, -0.1) is 0 Å². The predicted octanol–water partition coefficient (Wildman–Crippen LogP) is 4.52. The fraction of sp³-hybridized carbons (Fsp3) is 1.00. The minimum atomic E-state index is 0.878. The summed E-state index contributed by atoms with van der Waals surface area (Å²) in [4.78, 5) is 0. The van der Waals surface area contributed by atoms with Crippen molar-refractivity contribution >= 4 is 22.6 Å². The molecule has 0 saturated heterocycles. The van der Waals surface area contributed by atoms with Gasteiger partial charge in [0.15, 0.2) is 0 Å². The largest absolute Gasteiger partial charge is 0.0820 e. The molecule has 1 aliphatic rings. The number of hydrogen-bond acceptors (Lipinski definition) is 0. The van der Waals surface area contributed by atoms with Crippen molar-refractivity contribution in [1.82, 2.24) is 0 Å². The zero-order valence-corrected chi connectivity index (χ0v) is 11.5. The van der Waals surface area contributed by atoms with E-state index < -0.39 is 0 Å². The first-order valence-corrected chi connectivity index (χ1v) is 6.92. The quantitative estimate of drug-likeness (QED) is 0.519. The Morgan fingerprint density at radius 2 is 1.31 bits per heavy atom. The summed E-state index contributed by atoms with van der Waals surface area (Å²) in [6.07, 6.45) is 4.40. The molecule has 0 bridgehead atoms. The molecular weight excluding hydrogens is 271 g/mol. The lowest BCUT2D eigenvalue weighted by Gasteiger charge is -2.39. The van der Waals surface area contributed by atoms with Gasteiger partial charge >= 0.3 is 0 Å². The molecule has 1 aliphatic carbocycles. The van der Waals surface area contributed by atoms with Crippen molar-refractivity contribution in [1.29, 1.82) is 0 Å². The van der Waals surface area contributed by atoms with Crippen LogP contribution in [-0.2, 0) is 0 Å². The van der Waals surface area contributed by atoms with Gasteiger partial charge in [-0.1, -0.05) is 56.7 Å². The van der Waals surface area contributed by atoms with Gasteiger partial charge in [0, 0.05) is 3.92 Å². The molecule has 1 fully saturated rings. The van der Waals surface area contributed by atoms with Crippen LogP contribution in [-0.4, -0.2) is 3.92 Å². The van der Waals surface area contributed by atoms with Gasteiger partial charge in [-0.25, -0.2) is 0 Å². The maximum atomic E-state index is 2.71. The molecule has 0 aromatic heterocycles. The smallest absolute Gasteiger partial charge is 0.0171 e. The highest BCUT2D eigenvalue weighted by Crippen LogP contribution is 2.41. The van der Waals surface area contributed by atoms with Crippen LogP contribution >= 0.6 is 22.6 Å². The molecule has 0 aromatic rings. The van der Waals surface area contributed by atoms with Crippen LogP contribution in [0.1, 0.15) is 47.0 Å². The summed E-state index contributed by atoms with van der Waals surface area (Å²) in [6, 6.07) is 0. The second kappa shape index (κ2) is 4.99. The minimum Gasteiger partial charge on any atom is -0.0820 e. The molecule has 1 saturated carbocycles. The van der Waals surface area contributed by atoms with Gasteiger partial charge in [-0.2, -0.15) is 0 Å². The minimum absolute atomic E-state index is 0.878. The molecule has 1 rings (SSSR count). The van der Waals surface area contributed by atoms with E-state index in [-0.39, 0.29) is 0 Å². The summed E-state index contributed by atoms with van der Waals surface area (Å²) in [5, 5.41) is 0. The second-order valence-corrected chi connectivity index (χ2v) is 6.63. The molecule has 0 aliphatic heterocycles. The lowest BCUT2D eigenvalue weighted by Crippen LogP contribution is -2.34. The van der Waals surface area contributed by atoms with Crippen LogP contribution in [0.2, 0.25) is 0 Å². The van der Waals surface area contributed by atoms with Crippen molar-refractivity contribution in [3.63, 3.8) is 0 Å². The molecule has 0 amide bonds. The average molecular weight is 294 g/mol. The fourth-order valence-electron chi connectivity index (χ4n) is 2.63. The molecule has 13 heavy (non-hydrogen) atoms. The number of alkyl halides is 1. The van der Waals surface area contributed by atoms with E-state index in [0.29, 0.717) is 0 Å². The summed E-state index contributed by atoms with van der Waals surface area (Å²) >= 11 is 2.71. The zero-order valence-electron chi connectivity index (χ0n) is 9.39. The first-order valence-electron chi connectivity index (χ1n) is 5.68. The summed E-state index contributed by atoms with van der Waals surface area (Å²) in [6.45, 7) is 9.55. The Balaban J connectivity index is 2.60. The van der Waals surface area contributed by atoms with Gasteiger partial charge in [-0.3, -0.25) is 0 Å². The lowest BCUT2D eigenvalue weighted by molar-refractivity contribution is 0.198. The van der Waals surface area contributed by atoms with Crippen molar-refractivity contribution in [3.8, 4) is 0 Å². The van der Waals surface area contributed by atoms with Crippen LogP contribution in [0.15, 0.2) is 0 Å². The molecule has 0 aromatic carbocycles. The Bertz CT molecular complexity index is 135. The van der Waals surface area contributed by atoms with Crippen molar-refractivity contribution in [3.05, 3.63) is 0 Å². The topological polar surface area (TPSA) is 0 Å². The van der Waals surface area contributed by atoms with E-state index in [1.165, 1.54) is 19.3 Å². The standard InChI is InChI=1S/C12H23I/c1-8(2)10-6-5-7-11(9(3)4)12(10)13/h8-12H,5-7H2,1-4H3. The number of rotatable bonds is 2. The summed E-state index contributed by atoms with van der Waals surface area (Å²) in [5.74, 6) is 3.70. The molecule has 0 heterocycles. The fourth-order valence-corrected chi connectivity index (χ4v) is 5.01. The van der Waals surface area contributed by atoms with E-state index in [9.17, 15) is 0 Å². The van der Waals surface area contributed by atoms with E-state index in [2.05, 4.69) is 50.3 Å². The Kier molecular flexibility index (Phi) is 4.53. The Morgan fingerprint density at radius 1 is 0.923 bits per heavy atom. The van der Waals surface area contributed by atoms with E-state index in [1.54, 1.807) is 0 Å². The summed E-state index contributed by atoms with van der Waals surface area (Å²) in [7, 11) is 0. The highest BCUT2D eigenvalue weighted by Gasteiger charge is 2.34. The van der Waals surface area contributed by atoms with Crippen LogP contribution in [0.5, 0.6) is 0 Å². The summed E-state index contributed by atoms with van der Waals surface area (Å²) < 4.78 is 0.923. The third kappa shape index (κ3) is 2.84.